The Morgan fingerprint density at radius 2 is 2.17 bits per heavy atom. The standard InChI is InChI=1S/C13H11ClN4/c14-10-3-1-2-9(6-10)7-16-13-11-4-5-15-12(11)17-8-18-13/h1-6,8H,7H2,(H2,15,16,17,18). The lowest BCUT2D eigenvalue weighted by atomic mass is 10.2. The SMILES string of the molecule is Clc1cccc(CNc2ncnc3[nH]ccc23)c1. The third-order valence-corrected chi connectivity index (χ3v) is 2.94. The molecule has 0 unspecified atom stereocenters. The molecule has 0 radical (unpaired) electrons. The van der Waals surface area contributed by atoms with E-state index in [4.69, 9.17) is 11.6 Å². The summed E-state index contributed by atoms with van der Waals surface area (Å²) >= 11 is 5.95. The topological polar surface area (TPSA) is 53.6 Å². The Balaban J connectivity index is 1.83. The highest BCUT2D eigenvalue weighted by atomic mass is 35.5. The van der Waals surface area contributed by atoms with Crippen LogP contribution < -0.4 is 5.32 Å². The van der Waals surface area contributed by atoms with Crippen LogP contribution in [0.1, 0.15) is 5.56 Å². The molecule has 0 aliphatic heterocycles. The van der Waals surface area contributed by atoms with Crippen LogP contribution in [0.2, 0.25) is 5.02 Å². The summed E-state index contributed by atoms with van der Waals surface area (Å²) in [5, 5.41) is 5.01. The fraction of sp³-hybridized carbons (Fsp3) is 0.0769. The molecule has 3 aromatic rings. The number of nitrogens with zero attached hydrogens (tertiary/aromatic N) is 2. The van der Waals surface area contributed by atoms with Crippen LogP contribution in [-0.4, -0.2) is 15.0 Å². The van der Waals surface area contributed by atoms with Gasteiger partial charge in [0.05, 0.1) is 5.39 Å². The Kier molecular flexibility index (Phi) is 2.86. The van der Waals surface area contributed by atoms with Crippen molar-refractivity contribution in [1.82, 2.24) is 15.0 Å². The van der Waals surface area contributed by atoms with E-state index >= 15 is 0 Å². The van der Waals surface area contributed by atoms with Crippen molar-refractivity contribution >= 4 is 28.5 Å². The van der Waals surface area contributed by atoms with E-state index in [-0.39, 0.29) is 0 Å². The van der Waals surface area contributed by atoms with Crippen LogP contribution in [0, 0.1) is 0 Å². The first kappa shape index (κ1) is 11.0. The molecule has 2 aromatic heterocycles. The lowest BCUT2D eigenvalue weighted by Gasteiger charge is -2.06. The molecule has 0 spiro atoms. The summed E-state index contributed by atoms with van der Waals surface area (Å²) < 4.78 is 0. The number of aromatic nitrogens is 3. The second kappa shape index (κ2) is 4.66. The Bertz CT molecular complexity index is 677. The minimum Gasteiger partial charge on any atom is -0.365 e. The molecular weight excluding hydrogens is 248 g/mol. The van der Waals surface area contributed by atoms with Gasteiger partial charge in [0, 0.05) is 17.8 Å². The van der Waals surface area contributed by atoms with Crippen LogP contribution in [0.3, 0.4) is 0 Å². The normalized spacial score (nSPS) is 10.7. The number of rotatable bonds is 3. The molecule has 0 aliphatic carbocycles. The molecular formula is C13H11ClN4. The van der Waals surface area contributed by atoms with Gasteiger partial charge in [0.2, 0.25) is 0 Å². The van der Waals surface area contributed by atoms with Crippen molar-refractivity contribution in [3.63, 3.8) is 0 Å². The zero-order chi connectivity index (χ0) is 12.4. The summed E-state index contributed by atoms with van der Waals surface area (Å²) in [5.74, 6) is 0.821. The predicted octanol–water partition coefficient (Wildman–Crippen LogP) is 3.22. The van der Waals surface area contributed by atoms with Gasteiger partial charge in [0.1, 0.15) is 17.8 Å². The van der Waals surface area contributed by atoms with E-state index in [2.05, 4.69) is 20.3 Å². The second-order valence-corrected chi connectivity index (χ2v) is 4.38. The van der Waals surface area contributed by atoms with E-state index in [1.807, 2.05) is 36.5 Å². The van der Waals surface area contributed by atoms with Gasteiger partial charge in [-0.3, -0.25) is 0 Å². The molecule has 0 atom stereocenters. The van der Waals surface area contributed by atoms with Crippen molar-refractivity contribution in [1.29, 1.82) is 0 Å². The molecule has 4 nitrogen and oxygen atoms in total. The largest absolute Gasteiger partial charge is 0.365 e. The summed E-state index contributed by atoms with van der Waals surface area (Å²) in [6.07, 6.45) is 3.39. The highest BCUT2D eigenvalue weighted by molar-refractivity contribution is 6.30. The number of anilines is 1. The van der Waals surface area contributed by atoms with Crippen LogP contribution in [0.25, 0.3) is 11.0 Å². The van der Waals surface area contributed by atoms with Crippen molar-refractivity contribution in [2.24, 2.45) is 0 Å². The van der Waals surface area contributed by atoms with Gasteiger partial charge >= 0.3 is 0 Å². The number of benzene rings is 1. The van der Waals surface area contributed by atoms with Crippen molar-refractivity contribution in [3.05, 3.63) is 53.4 Å². The Morgan fingerprint density at radius 1 is 1.22 bits per heavy atom. The molecule has 0 fully saturated rings. The number of fused-ring (bicyclic) bond motifs is 1. The van der Waals surface area contributed by atoms with Crippen molar-refractivity contribution in [2.45, 2.75) is 6.54 Å². The van der Waals surface area contributed by atoms with Gasteiger partial charge < -0.3 is 10.3 Å². The highest BCUT2D eigenvalue weighted by Gasteiger charge is 2.03. The number of nitrogens with one attached hydrogen (secondary N) is 2. The van der Waals surface area contributed by atoms with Gasteiger partial charge in [-0.1, -0.05) is 23.7 Å². The molecule has 2 N–H and O–H groups in total. The summed E-state index contributed by atoms with van der Waals surface area (Å²) in [6.45, 7) is 0.678. The van der Waals surface area contributed by atoms with E-state index < -0.39 is 0 Å². The molecule has 2 heterocycles. The van der Waals surface area contributed by atoms with Crippen molar-refractivity contribution in [2.75, 3.05) is 5.32 Å². The molecule has 3 rings (SSSR count). The Hall–Kier alpha value is -2.07. The quantitative estimate of drug-likeness (QED) is 0.758. The average Bonchev–Trinajstić information content (AvgIpc) is 2.85. The number of H-pyrrole nitrogens is 1. The molecule has 0 aliphatic rings. The summed E-state index contributed by atoms with van der Waals surface area (Å²) in [6, 6.07) is 9.71. The van der Waals surface area contributed by atoms with Crippen LogP contribution in [0.5, 0.6) is 0 Å². The second-order valence-electron chi connectivity index (χ2n) is 3.95. The number of hydrogen-bond donors (Lipinski definition) is 2. The molecule has 5 heteroatoms. The zero-order valence-corrected chi connectivity index (χ0v) is 10.3. The average molecular weight is 259 g/mol. The smallest absolute Gasteiger partial charge is 0.142 e. The van der Waals surface area contributed by atoms with Crippen LogP contribution in [0.4, 0.5) is 5.82 Å². The zero-order valence-electron chi connectivity index (χ0n) is 9.52. The highest BCUT2D eigenvalue weighted by Crippen LogP contribution is 2.18. The first-order valence-electron chi connectivity index (χ1n) is 5.59. The van der Waals surface area contributed by atoms with Crippen molar-refractivity contribution < 1.29 is 0 Å². The first-order chi connectivity index (χ1) is 8.83. The van der Waals surface area contributed by atoms with E-state index in [0.29, 0.717) is 6.54 Å². The van der Waals surface area contributed by atoms with E-state index in [0.717, 1.165) is 27.4 Å². The van der Waals surface area contributed by atoms with Crippen LogP contribution >= 0.6 is 11.6 Å². The monoisotopic (exact) mass is 258 g/mol. The number of halogens is 1. The van der Waals surface area contributed by atoms with E-state index in [1.54, 1.807) is 6.33 Å². The third kappa shape index (κ3) is 2.15. The molecule has 0 saturated carbocycles. The van der Waals surface area contributed by atoms with Crippen LogP contribution in [-0.2, 0) is 6.54 Å². The third-order valence-electron chi connectivity index (χ3n) is 2.70. The number of hydrogen-bond acceptors (Lipinski definition) is 3. The van der Waals surface area contributed by atoms with Gasteiger partial charge in [-0.25, -0.2) is 9.97 Å². The maximum absolute atomic E-state index is 5.95. The molecule has 1 aromatic carbocycles. The fourth-order valence-corrected chi connectivity index (χ4v) is 2.06. The van der Waals surface area contributed by atoms with Crippen LogP contribution in [0.15, 0.2) is 42.9 Å². The molecule has 90 valence electrons. The van der Waals surface area contributed by atoms with Gasteiger partial charge in [-0.2, -0.15) is 0 Å². The fourth-order valence-electron chi connectivity index (χ4n) is 1.85. The maximum Gasteiger partial charge on any atom is 0.142 e. The summed E-state index contributed by atoms with van der Waals surface area (Å²) in [7, 11) is 0. The minimum atomic E-state index is 0.678. The van der Waals surface area contributed by atoms with Gasteiger partial charge in [-0.15, -0.1) is 0 Å². The Labute approximate surface area is 109 Å². The lowest BCUT2D eigenvalue weighted by Crippen LogP contribution is -2.01. The summed E-state index contributed by atoms with van der Waals surface area (Å²) in [4.78, 5) is 11.4. The van der Waals surface area contributed by atoms with Gasteiger partial charge in [0.25, 0.3) is 0 Å². The lowest BCUT2D eigenvalue weighted by molar-refractivity contribution is 1.10. The number of aromatic amines is 1. The molecule has 18 heavy (non-hydrogen) atoms. The van der Waals surface area contributed by atoms with Gasteiger partial charge in [0.15, 0.2) is 0 Å². The van der Waals surface area contributed by atoms with E-state index in [1.165, 1.54) is 0 Å². The molecule has 0 amide bonds. The molecule has 0 bridgehead atoms. The maximum atomic E-state index is 5.95. The van der Waals surface area contributed by atoms with Crippen molar-refractivity contribution in [3.8, 4) is 0 Å². The van der Waals surface area contributed by atoms with E-state index in [9.17, 15) is 0 Å². The van der Waals surface area contributed by atoms with Gasteiger partial charge in [-0.05, 0) is 23.8 Å². The predicted molar refractivity (Wildman–Crippen MR) is 72.7 cm³/mol. The minimum absolute atomic E-state index is 0.678. The summed E-state index contributed by atoms with van der Waals surface area (Å²) in [5.41, 5.74) is 1.95. The Morgan fingerprint density at radius 3 is 3.06 bits per heavy atom. The first-order valence-corrected chi connectivity index (χ1v) is 5.97. The molecule has 0 saturated heterocycles.